The number of fused-ring (bicyclic) bond motifs is 1. The molecule has 0 amide bonds. The van der Waals surface area contributed by atoms with Crippen LogP contribution in [0, 0.1) is 4.91 Å². The van der Waals surface area contributed by atoms with Gasteiger partial charge in [-0.25, -0.2) is 4.79 Å². The zero-order valence-corrected chi connectivity index (χ0v) is 9.34. The van der Waals surface area contributed by atoms with Crippen molar-refractivity contribution in [1.29, 1.82) is 0 Å². The Bertz CT molecular complexity index is 473. The van der Waals surface area contributed by atoms with E-state index in [1.807, 2.05) is 0 Å². The molecule has 90 valence electrons. The van der Waals surface area contributed by atoms with E-state index in [9.17, 15) is 9.70 Å². The van der Waals surface area contributed by atoms with Crippen molar-refractivity contribution in [2.45, 2.75) is 13.0 Å². The van der Waals surface area contributed by atoms with E-state index in [0.717, 1.165) is 11.1 Å². The maximum absolute atomic E-state index is 11.1. The molecule has 6 heteroatoms. The molecular formula is C11H12N2O4. The number of carbonyl (C=O) groups is 1. The molecule has 0 aromatic heterocycles. The van der Waals surface area contributed by atoms with Gasteiger partial charge in [-0.1, -0.05) is 0 Å². The van der Waals surface area contributed by atoms with Crippen molar-refractivity contribution in [2.24, 2.45) is 5.29 Å². The van der Waals surface area contributed by atoms with Crippen LogP contribution in [0.25, 0.3) is 0 Å². The number of nitroso groups, excluding NO2 is 1. The van der Waals surface area contributed by atoms with Crippen molar-refractivity contribution < 1.29 is 14.6 Å². The van der Waals surface area contributed by atoms with Gasteiger partial charge in [-0.3, -0.25) is 5.01 Å². The van der Waals surface area contributed by atoms with Crippen molar-refractivity contribution in [3.05, 3.63) is 33.7 Å². The Morgan fingerprint density at radius 2 is 2.24 bits per heavy atom. The zero-order chi connectivity index (χ0) is 12.4. The summed E-state index contributed by atoms with van der Waals surface area (Å²) in [5, 5.41) is 13.3. The Kier molecular flexibility index (Phi) is 2.95. The smallest absolute Gasteiger partial charge is 0.335 e. The minimum Gasteiger partial charge on any atom is -0.496 e. The van der Waals surface area contributed by atoms with Crippen LogP contribution in [-0.2, 0) is 13.0 Å². The average Bonchev–Trinajstić information content (AvgIpc) is 2.36. The summed E-state index contributed by atoms with van der Waals surface area (Å²) in [7, 11) is 1.52. The zero-order valence-electron chi connectivity index (χ0n) is 9.34. The Morgan fingerprint density at radius 1 is 1.47 bits per heavy atom. The molecule has 1 aromatic rings. The van der Waals surface area contributed by atoms with Crippen LogP contribution in [0.1, 0.15) is 21.5 Å². The fourth-order valence-corrected chi connectivity index (χ4v) is 2.09. The number of hydrogen-bond donors (Lipinski definition) is 1. The van der Waals surface area contributed by atoms with E-state index in [4.69, 9.17) is 9.84 Å². The van der Waals surface area contributed by atoms with Gasteiger partial charge < -0.3 is 9.84 Å². The summed E-state index contributed by atoms with van der Waals surface area (Å²) in [5.41, 5.74) is 1.74. The number of rotatable bonds is 3. The van der Waals surface area contributed by atoms with Crippen molar-refractivity contribution in [1.82, 2.24) is 5.01 Å². The molecule has 6 nitrogen and oxygen atoms in total. The van der Waals surface area contributed by atoms with Crippen LogP contribution < -0.4 is 4.74 Å². The van der Waals surface area contributed by atoms with Crippen molar-refractivity contribution in [3.63, 3.8) is 0 Å². The highest BCUT2D eigenvalue weighted by atomic mass is 16.5. The van der Waals surface area contributed by atoms with Gasteiger partial charge in [0.05, 0.1) is 24.5 Å². The number of aromatic carboxylic acids is 1. The molecular weight excluding hydrogens is 224 g/mol. The molecule has 17 heavy (non-hydrogen) atoms. The molecule has 0 saturated carbocycles. The molecule has 0 bridgehead atoms. The first-order valence-corrected chi connectivity index (χ1v) is 5.17. The van der Waals surface area contributed by atoms with Crippen molar-refractivity contribution in [2.75, 3.05) is 13.7 Å². The van der Waals surface area contributed by atoms with Crippen molar-refractivity contribution in [3.8, 4) is 5.75 Å². The molecule has 1 aliphatic heterocycles. The summed E-state index contributed by atoms with van der Waals surface area (Å²) < 4.78 is 5.18. The van der Waals surface area contributed by atoms with Crippen LogP contribution in [0.3, 0.4) is 0 Å². The standard InChI is InChI=1S/C11H12N2O4/c1-17-10-3-2-8(11(14)15)7-4-5-13(12-16)6-9(7)10/h2-3H,4-6H2,1H3,(H,14,15). The second kappa shape index (κ2) is 4.40. The summed E-state index contributed by atoms with van der Waals surface area (Å²) >= 11 is 0. The summed E-state index contributed by atoms with van der Waals surface area (Å²) in [6, 6.07) is 3.14. The van der Waals surface area contributed by atoms with E-state index >= 15 is 0 Å². The quantitative estimate of drug-likeness (QED) is 0.803. The van der Waals surface area contributed by atoms with Gasteiger partial charge in [0.25, 0.3) is 0 Å². The normalized spacial score (nSPS) is 14.1. The largest absolute Gasteiger partial charge is 0.496 e. The molecule has 0 aliphatic carbocycles. The van der Waals surface area contributed by atoms with E-state index in [-0.39, 0.29) is 5.56 Å². The minimum absolute atomic E-state index is 0.270. The number of hydrogen-bond acceptors (Lipinski definition) is 4. The Hall–Kier alpha value is -2.11. The topological polar surface area (TPSA) is 79.2 Å². The summed E-state index contributed by atoms with van der Waals surface area (Å²) in [4.78, 5) is 21.6. The van der Waals surface area contributed by atoms with Crippen LogP contribution in [0.2, 0.25) is 0 Å². The molecule has 1 aliphatic rings. The van der Waals surface area contributed by atoms with E-state index in [2.05, 4.69) is 5.29 Å². The van der Waals surface area contributed by atoms with E-state index in [1.54, 1.807) is 6.07 Å². The molecule has 0 radical (unpaired) electrons. The van der Waals surface area contributed by atoms with Crippen LogP contribution >= 0.6 is 0 Å². The van der Waals surface area contributed by atoms with Gasteiger partial charge in [0, 0.05) is 12.1 Å². The number of methoxy groups -OCH3 is 1. The van der Waals surface area contributed by atoms with Crippen molar-refractivity contribution >= 4 is 5.97 Å². The molecule has 0 fully saturated rings. The summed E-state index contributed by atoms with van der Waals surface area (Å²) in [5.74, 6) is -0.366. The van der Waals surface area contributed by atoms with Gasteiger partial charge in [-0.05, 0) is 24.1 Å². The molecule has 0 unspecified atom stereocenters. The number of carboxylic acids is 1. The highest BCUT2D eigenvalue weighted by Gasteiger charge is 2.24. The maximum atomic E-state index is 11.1. The average molecular weight is 236 g/mol. The molecule has 1 N–H and O–H groups in total. The fourth-order valence-electron chi connectivity index (χ4n) is 2.09. The van der Waals surface area contributed by atoms with E-state index in [1.165, 1.54) is 18.2 Å². The van der Waals surface area contributed by atoms with Gasteiger partial charge in [0.2, 0.25) is 0 Å². The van der Waals surface area contributed by atoms with Gasteiger partial charge in [-0.15, -0.1) is 4.91 Å². The third kappa shape index (κ3) is 1.93. The lowest BCUT2D eigenvalue weighted by Gasteiger charge is -2.26. The van der Waals surface area contributed by atoms with Gasteiger partial charge in [0.1, 0.15) is 5.75 Å². The Balaban J connectivity index is 2.52. The highest BCUT2D eigenvalue weighted by Crippen LogP contribution is 2.30. The van der Waals surface area contributed by atoms with Crippen LogP contribution in [0.15, 0.2) is 17.4 Å². The lowest BCUT2D eigenvalue weighted by molar-refractivity contribution is 0.0694. The predicted molar refractivity (Wildman–Crippen MR) is 59.9 cm³/mol. The van der Waals surface area contributed by atoms with Gasteiger partial charge >= 0.3 is 5.97 Å². The first kappa shape index (κ1) is 11.4. The Labute approximate surface area is 97.7 Å². The lowest BCUT2D eigenvalue weighted by Crippen LogP contribution is -2.27. The first-order valence-electron chi connectivity index (χ1n) is 5.17. The number of ether oxygens (including phenoxy) is 1. The number of carboxylic acid groups (broad SMARTS) is 1. The van der Waals surface area contributed by atoms with Gasteiger partial charge in [-0.2, -0.15) is 0 Å². The second-order valence-corrected chi connectivity index (χ2v) is 3.80. The SMILES string of the molecule is COc1ccc(C(=O)O)c2c1CN(N=O)CC2. The van der Waals surface area contributed by atoms with Crippen LogP contribution in [0.5, 0.6) is 5.75 Å². The monoisotopic (exact) mass is 236 g/mol. The Morgan fingerprint density at radius 3 is 2.82 bits per heavy atom. The minimum atomic E-state index is -0.962. The molecule has 2 rings (SSSR count). The highest BCUT2D eigenvalue weighted by molar-refractivity contribution is 5.90. The molecule has 0 saturated heterocycles. The fraction of sp³-hybridized carbons (Fsp3) is 0.364. The summed E-state index contributed by atoms with van der Waals surface area (Å²) in [6.07, 6.45) is 0.486. The molecule has 0 atom stereocenters. The molecule has 1 heterocycles. The van der Waals surface area contributed by atoms with Crippen LogP contribution in [-0.4, -0.2) is 29.7 Å². The molecule has 0 spiro atoms. The maximum Gasteiger partial charge on any atom is 0.335 e. The number of benzene rings is 1. The molecule has 1 aromatic carbocycles. The third-order valence-electron chi connectivity index (χ3n) is 2.91. The van der Waals surface area contributed by atoms with Gasteiger partial charge in [0.15, 0.2) is 0 Å². The predicted octanol–water partition coefficient (Wildman–Crippen LogP) is 1.43. The van der Waals surface area contributed by atoms with E-state index < -0.39 is 5.97 Å². The van der Waals surface area contributed by atoms with E-state index in [0.29, 0.717) is 25.3 Å². The lowest BCUT2D eigenvalue weighted by atomic mass is 9.94. The first-order chi connectivity index (χ1) is 8.17. The number of nitrogens with zero attached hydrogens (tertiary/aromatic N) is 2. The second-order valence-electron chi connectivity index (χ2n) is 3.80. The van der Waals surface area contributed by atoms with Crippen LogP contribution in [0.4, 0.5) is 0 Å². The summed E-state index contributed by atoms with van der Waals surface area (Å²) in [6.45, 7) is 0.729. The third-order valence-corrected chi connectivity index (χ3v) is 2.91.